The first-order chi connectivity index (χ1) is 20.5. The molecule has 0 bridgehead atoms. The summed E-state index contributed by atoms with van der Waals surface area (Å²) in [4.78, 5) is 27.3. The molecule has 6 aromatic rings. The van der Waals surface area contributed by atoms with Crippen LogP contribution in [0.15, 0.2) is 65.8 Å². The number of imidazole rings is 1. The van der Waals surface area contributed by atoms with Crippen LogP contribution in [0.2, 0.25) is 0 Å². The molecule has 3 aromatic heterocycles. The number of para-hydroxylation sites is 4. The van der Waals surface area contributed by atoms with E-state index in [1.165, 1.54) is 11.8 Å². The number of thioether (sulfide) groups is 1. The lowest BCUT2D eigenvalue weighted by molar-refractivity contribution is -0.113. The van der Waals surface area contributed by atoms with E-state index in [0.717, 1.165) is 22.2 Å². The van der Waals surface area contributed by atoms with Crippen molar-refractivity contribution in [2.45, 2.75) is 25.0 Å². The lowest BCUT2D eigenvalue weighted by Crippen LogP contribution is -2.15. The molecular formula is C30H29N7O4S. The van der Waals surface area contributed by atoms with Gasteiger partial charge < -0.3 is 24.1 Å². The molecule has 0 spiro atoms. The van der Waals surface area contributed by atoms with Crippen molar-refractivity contribution in [1.29, 1.82) is 0 Å². The SMILES string of the molecule is COc1ccccc1NC(=O)CSc1nc2cc(OC)c(OC)cc2c2nc(CCn3c(C)nc4ccccc43)nn12. The zero-order valence-electron chi connectivity index (χ0n) is 23.6. The number of rotatable bonds is 10. The van der Waals surface area contributed by atoms with Gasteiger partial charge in [-0.3, -0.25) is 4.79 Å². The maximum atomic E-state index is 12.9. The van der Waals surface area contributed by atoms with Gasteiger partial charge in [0.1, 0.15) is 11.6 Å². The number of anilines is 1. The second-order valence-electron chi connectivity index (χ2n) is 9.47. The highest BCUT2D eigenvalue weighted by molar-refractivity contribution is 7.99. The van der Waals surface area contributed by atoms with Gasteiger partial charge in [0.05, 0.1) is 49.3 Å². The zero-order chi connectivity index (χ0) is 29.2. The van der Waals surface area contributed by atoms with Gasteiger partial charge in [-0.1, -0.05) is 36.0 Å². The maximum absolute atomic E-state index is 12.9. The van der Waals surface area contributed by atoms with Crippen molar-refractivity contribution >= 4 is 50.9 Å². The van der Waals surface area contributed by atoms with Crippen LogP contribution in [0.25, 0.3) is 27.6 Å². The van der Waals surface area contributed by atoms with Gasteiger partial charge in [-0.15, -0.1) is 5.10 Å². The van der Waals surface area contributed by atoms with Gasteiger partial charge in [0.15, 0.2) is 28.1 Å². The summed E-state index contributed by atoms with van der Waals surface area (Å²) in [5, 5.41) is 9.03. The van der Waals surface area contributed by atoms with Crippen LogP contribution in [0.4, 0.5) is 5.69 Å². The van der Waals surface area contributed by atoms with Crippen molar-refractivity contribution in [3.8, 4) is 17.2 Å². The molecule has 0 aliphatic heterocycles. The Kier molecular flexibility index (Phi) is 7.53. The Morgan fingerprint density at radius 2 is 1.62 bits per heavy atom. The number of benzene rings is 3. The largest absolute Gasteiger partial charge is 0.495 e. The summed E-state index contributed by atoms with van der Waals surface area (Å²) in [7, 11) is 4.74. The van der Waals surface area contributed by atoms with E-state index >= 15 is 0 Å². The van der Waals surface area contributed by atoms with Crippen LogP contribution < -0.4 is 19.5 Å². The lowest BCUT2D eigenvalue weighted by Gasteiger charge is -2.11. The number of nitrogens with one attached hydrogen (secondary N) is 1. The van der Waals surface area contributed by atoms with Crippen molar-refractivity contribution in [2.75, 3.05) is 32.4 Å². The number of ether oxygens (including phenoxy) is 3. The molecule has 0 radical (unpaired) electrons. The first-order valence-corrected chi connectivity index (χ1v) is 14.3. The molecule has 3 heterocycles. The van der Waals surface area contributed by atoms with E-state index in [-0.39, 0.29) is 11.7 Å². The van der Waals surface area contributed by atoms with E-state index in [1.54, 1.807) is 38.0 Å². The molecule has 214 valence electrons. The van der Waals surface area contributed by atoms with E-state index in [0.29, 0.717) is 58.0 Å². The Morgan fingerprint density at radius 1 is 0.881 bits per heavy atom. The third-order valence-electron chi connectivity index (χ3n) is 6.91. The van der Waals surface area contributed by atoms with E-state index < -0.39 is 0 Å². The minimum atomic E-state index is -0.199. The number of aryl methyl sites for hydroxylation is 3. The highest BCUT2D eigenvalue weighted by Crippen LogP contribution is 2.34. The Morgan fingerprint density at radius 3 is 2.43 bits per heavy atom. The molecule has 0 aliphatic carbocycles. The summed E-state index contributed by atoms with van der Waals surface area (Å²) in [6, 6.07) is 19.0. The minimum absolute atomic E-state index is 0.106. The van der Waals surface area contributed by atoms with Crippen molar-refractivity contribution in [3.63, 3.8) is 0 Å². The number of methoxy groups -OCH3 is 3. The van der Waals surface area contributed by atoms with Gasteiger partial charge in [0.2, 0.25) is 5.91 Å². The van der Waals surface area contributed by atoms with Crippen molar-refractivity contribution < 1.29 is 19.0 Å². The van der Waals surface area contributed by atoms with E-state index in [4.69, 9.17) is 29.3 Å². The van der Waals surface area contributed by atoms with E-state index in [2.05, 4.69) is 20.9 Å². The average molecular weight is 584 g/mol. The van der Waals surface area contributed by atoms with Crippen LogP contribution >= 0.6 is 11.8 Å². The number of carbonyl (C=O) groups excluding carboxylic acids is 1. The summed E-state index contributed by atoms with van der Waals surface area (Å²) >= 11 is 1.27. The van der Waals surface area contributed by atoms with Gasteiger partial charge in [-0.05, 0) is 37.3 Å². The molecule has 0 saturated carbocycles. The highest BCUT2D eigenvalue weighted by atomic mass is 32.2. The van der Waals surface area contributed by atoms with Crippen molar-refractivity contribution in [2.24, 2.45) is 0 Å². The number of fused-ring (bicyclic) bond motifs is 4. The molecule has 42 heavy (non-hydrogen) atoms. The number of hydrogen-bond acceptors (Lipinski definition) is 9. The molecule has 0 aliphatic rings. The fraction of sp³-hybridized carbons (Fsp3) is 0.233. The summed E-state index contributed by atoms with van der Waals surface area (Å²) in [5.74, 6) is 3.19. The predicted molar refractivity (Wildman–Crippen MR) is 162 cm³/mol. The van der Waals surface area contributed by atoms with Gasteiger partial charge >= 0.3 is 0 Å². The number of hydrogen-bond donors (Lipinski definition) is 1. The van der Waals surface area contributed by atoms with Crippen LogP contribution in [0.1, 0.15) is 11.6 Å². The van der Waals surface area contributed by atoms with E-state index in [1.807, 2.05) is 49.4 Å². The summed E-state index contributed by atoms with van der Waals surface area (Å²) in [6.07, 6.45) is 0.579. The average Bonchev–Trinajstić information content (AvgIpc) is 3.58. The molecule has 11 nitrogen and oxygen atoms in total. The van der Waals surface area contributed by atoms with Crippen LogP contribution in [0.3, 0.4) is 0 Å². The fourth-order valence-electron chi connectivity index (χ4n) is 4.91. The Hall–Kier alpha value is -4.84. The molecule has 0 atom stereocenters. The van der Waals surface area contributed by atoms with Gasteiger partial charge in [-0.2, -0.15) is 4.52 Å². The standard InChI is InChI=1S/C30H29N7O4S/c1-18-31-20-9-5-7-11-23(20)36(18)14-13-27-34-29-19-15-25(40-3)26(41-4)16-22(19)33-30(37(29)35-27)42-17-28(38)32-21-10-6-8-12-24(21)39-2/h5-12,15-16H,13-14,17H2,1-4H3,(H,32,38). The molecule has 3 aromatic carbocycles. The molecule has 1 N–H and O–H groups in total. The highest BCUT2D eigenvalue weighted by Gasteiger charge is 2.19. The second-order valence-corrected chi connectivity index (χ2v) is 10.4. The van der Waals surface area contributed by atoms with Gasteiger partial charge in [0.25, 0.3) is 0 Å². The fourth-order valence-corrected chi connectivity index (χ4v) is 5.65. The Bertz CT molecular complexity index is 1930. The van der Waals surface area contributed by atoms with Gasteiger partial charge in [0, 0.05) is 24.4 Å². The number of nitrogens with zero attached hydrogens (tertiary/aromatic N) is 6. The zero-order valence-corrected chi connectivity index (χ0v) is 24.4. The third kappa shape index (κ3) is 5.16. The molecule has 1 amide bonds. The topological polar surface area (TPSA) is 118 Å². The monoisotopic (exact) mass is 583 g/mol. The van der Waals surface area contributed by atoms with Crippen LogP contribution in [-0.4, -0.2) is 62.1 Å². The van der Waals surface area contributed by atoms with Crippen LogP contribution in [-0.2, 0) is 17.8 Å². The minimum Gasteiger partial charge on any atom is -0.495 e. The summed E-state index contributed by atoms with van der Waals surface area (Å²) in [6.45, 7) is 2.66. The maximum Gasteiger partial charge on any atom is 0.234 e. The molecular weight excluding hydrogens is 554 g/mol. The lowest BCUT2D eigenvalue weighted by atomic mass is 10.2. The Balaban J connectivity index is 1.34. The summed E-state index contributed by atoms with van der Waals surface area (Å²) < 4.78 is 20.3. The van der Waals surface area contributed by atoms with E-state index in [9.17, 15) is 4.79 Å². The van der Waals surface area contributed by atoms with Gasteiger partial charge in [-0.25, -0.2) is 15.0 Å². The number of amides is 1. The summed E-state index contributed by atoms with van der Waals surface area (Å²) in [5.41, 5.74) is 3.91. The quantitative estimate of drug-likeness (QED) is 0.177. The third-order valence-corrected chi connectivity index (χ3v) is 7.84. The normalized spacial score (nSPS) is 11.3. The first kappa shape index (κ1) is 27.3. The Labute approximate surface area is 245 Å². The second kappa shape index (κ2) is 11.6. The molecule has 12 heteroatoms. The van der Waals surface area contributed by atoms with Crippen LogP contribution in [0.5, 0.6) is 17.2 Å². The van der Waals surface area contributed by atoms with Crippen LogP contribution in [0, 0.1) is 6.92 Å². The van der Waals surface area contributed by atoms with Crippen molar-refractivity contribution in [3.05, 3.63) is 72.3 Å². The predicted octanol–water partition coefficient (Wildman–Crippen LogP) is 4.93. The first-order valence-electron chi connectivity index (χ1n) is 13.3. The smallest absolute Gasteiger partial charge is 0.234 e. The molecule has 0 unspecified atom stereocenters. The molecule has 0 saturated heterocycles. The molecule has 6 rings (SSSR count). The van der Waals surface area contributed by atoms with Crippen molar-refractivity contribution in [1.82, 2.24) is 29.1 Å². The molecule has 0 fully saturated rings. The number of aromatic nitrogens is 6. The number of carbonyl (C=O) groups is 1.